The van der Waals surface area contributed by atoms with Crippen LogP contribution in [0.4, 0.5) is 5.95 Å². The van der Waals surface area contributed by atoms with E-state index in [2.05, 4.69) is 28.4 Å². The van der Waals surface area contributed by atoms with Crippen molar-refractivity contribution in [3.8, 4) is 0 Å². The summed E-state index contributed by atoms with van der Waals surface area (Å²) >= 11 is 0. The van der Waals surface area contributed by atoms with Crippen molar-refractivity contribution in [3.05, 3.63) is 30.6 Å². The van der Waals surface area contributed by atoms with Crippen LogP contribution in [0.1, 0.15) is 44.9 Å². The van der Waals surface area contributed by atoms with Crippen LogP contribution in [0.3, 0.4) is 0 Å². The highest BCUT2D eigenvalue weighted by atomic mass is 16.2. The molecule has 0 spiro atoms. The van der Waals surface area contributed by atoms with E-state index in [1.807, 2.05) is 27.0 Å². The van der Waals surface area contributed by atoms with Crippen molar-refractivity contribution in [2.45, 2.75) is 46.5 Å². The van der Waals surface area contributed by atoms with Crippen LogP contribution in [0.25, 0.3) is 0 Å². The van der Waals surface area contributed by atoms with Gasteiger partial charge in [0.05, 0.1) is 0 Å². The molecule has 1 aromatic rings. The van der Waals surface area contributed by atoms with Crippen LogP contribution >= 0.6 is 0 Å². The normalized spacial score (nSPS) is 13.8. The lowest BCUT2D eigenvalue weighted by Crippen LogP contribution is -2.28. The Morgan fingerprint density at radius 1 is 1.26 bits per heavy atom. The summed E-state index contributed by atoms with van der Waals surface area (Å²) in [6.07, 6.45) is 6.29. The predicted octanol–water partition coefficient (Wildman–Crippen LogP) is 3.14. The van der Waals surface area contributed by atoms with E-state index in [1.165, 1.54) is 18.4 Å². The van der Waals surface area contributed by atoms with Gasteiger partial charge >= 0.3 is 0 Å². The van der Waals surface area contributed by atoms with Crippen LogP contribution in [0, 0.1) is 5.41 Å². The number of amides is 1. The van der Waals surface area contributed by atoms with Gasteiger partial charge in [-0.05, 0) is 31.2 Å². The molecule has 0 fully saturated rings. The van der Waals surface area contributed by atoms with Gasteiger partial charge in [0.25, 0.3) is 0 Å². The summed E-state index contributed by atoms with van der Waals surface area (Å²) in [5.74, 6) is 0.388. The van der Waals surface area contributed by atoms with Crippen molar-refractivity contribution < 1.29 is 4.79 Å². The van der Waals surface area contributed by atoms with E-state index >= 15 is 0 Å². The summed E-state index contributed by atoms with van der Waals surface area (Å²) in [5.41, 5.74) is 1.90. The minimum Gasteiger partial charge on any atom is -0.294 e. The molecule has 0 saturated heterocycles. The molecule has 0 bridgehead atoms. The third-order valence-corrected chi connectivity index (χ3v) is 2.97. The fourth-order valence-corrected chi connectivity index (χ4v) is 1.82. The van der Waals surface area contributed by atoms with Gasteiger partial charge in [0.1, 0.15) is 0 Å². The molecule has 0 aliphatic heterocycles. The molecule has 0 atom stereocenters. The van der Waals surface area contributed by atoms with Gasteiger partial charge in [0, 0.05) is 17.3 Å². The first-order valence-corrected chi connectivity index (χ1v) is 6.63. The minimum atomic E-state index is -0.417. The van der Waals surface area contributed by atoms with Crippen molar-refractivity contribution in [3.63, 3.8) is 0 Å². The van der Waals surface area contributed by atoms with E-state index in [-0.39, 0.29) is 5.91 Å². The number of aromatic nitrogens is 2. The summed E-state index contributed by atoms with van der Waals surface area (Å²) in [6, 6.07) is 0. The fourth-order valence-electron chi connectivity index (χ4n) is 1.82. The Morgan fingerprint density at radius 3 is 2.53 bits per heavy atom. The molecule has 1 aliphatic carbocycles. The maximum absolute atomic E-state index is 11.8. The number of carbonyl (C=O) groups is 1. The molecule has 1 N–H and O–H groups in total. The summed E-state index contributed by atoms with van der Waals surface area (Å²) in [6.45, 7) is 11.6. The Morgan fingerprint density at radius 2 is 1.89 bits per heavy atom. The molecule has 0 saturated carbocycles. The largest absolute Gasteiger partial charge is 0.294 e. The summed E-state index contributed by atoms with van der Waals surface area (Å²) < 4.78 is 0. The molecule has 104 valence electrons. The lowest BCUT2D eigenvalue weighted by molar-refractivity contribution is -0.123. The van der Waals surface area contributed by atoms with E-state index < -0.39 is 5.41 Å². The average Bonchev–Trinajstić information content (AvgIpc) is 2.40. The monoisotopic (exact) mass is 261 g/mol. The molecule has 2 rings (SSSR count). The number of rotatable bonds is 1. The highest BCUT2D eigenvalue weighted by molar-refractivity contribution is 5.92. The zero-order valence-electron chi connectivity index (χ0n) is 12.1. The van der Waals surface area contributed by atoms with E-state index in [0.717, 1.165) is 18.5 Å². The molecule has 1 amide bonds. The molecule has 19 heavy (non-hydrogen) atoms. The molecular formula is C15H23N3O. The van der Waals surface area contributed by atoms with Crippen molar-refractivity contribution in [2.75, 3.05) is 5.32 Å². The Balaban J connectivity index is 0.000000861. The number of hydrogen-bond donors (Lipinski definition) is 1. The SMILES string of the molecule is C=C.CC(C)(C)C(=O)Nc1ncc2c(n1)CCCC2. The minimum absolute atomic E-state index is 0.0479. The molecule has 1 aromatic heterocycles. The molecule has 0 aromatic carbocycles. The van der Waals surface area contributed by atoms with Crippen molar-refractivity contribution in [1.82, 2.24) is 9.97 Å². The first kappa shape index (κ1) is 15.3. The fraction of sp³-hybridized carbons (Fsp3) is 0.533. The number of hydrogen-bond acceptors (Lipinski definition) is 3. The smallest absolute Gasteiger partial charge is 0.232 e. The summed E-state index contributed by atoms with van der Waals surface area (Å²) in [7, 11) is 0. The number of nitrogens with zero attached hydrogens (tertiary/aromatic N) is 2. The third-order valence-electron chi connectivity index (χ3n) is 2.97. The molecule has 4 nitrogen and oxygen atoms in total. The van der Waals surface area contributed by atoms with Gasteiger partial charge in [0.15, 0.2) is 0 Å². The number of fused-ring (bicyclic) bond motifs is 1. The second-order valence-electron chi connectivity index (χ2n) is 5.58. The number of nitrogens with one attached hydrogen (secondary N) is 1. The standard InChI is InChI=1S/C13H19N3O.C2H4/c1-13(2,3)11(17)16-12-14-8-9-6-4-5-7-10(9)15-12;1-2/h8H,4-7H2,1-3H3,(H,14,15,16,17);1-2H2. The number of anilines is 1. The van der Waals surface area contributed by atoms with Gasteiger partial charge in [-0.25, -0.2) is 9.97 Å². The Labute approximate surface area is 115 Å². The maximum atomic E-state index is 11.8. The first-order chi connectivity index (χ1) is 8.97. The van der Waals surface area contributed by atoms with Crippen LogP contribution < -0.4 is 5.32 Å². The van der Waals surface area contributed by atoms with Crippen LogP contribution in [0.2, 0.25) is 0 Å². The van der Waals surface area contributed by atoms with Gasteiger partial charge in [-0.15, -0.1) is 13.2 Å². The molecule has 1 heterocycles. The second kappa shape index (κ2) is 6.45. The molecule has 4 heteroatoms. The zero-order chi connectivity index (χ0) is 14.5. The van der Waals surface area contributed by atoms with E-state index in [1.54, 1.807) is 0 Å². The van der Waals surface area contributed by atoms with E-state index in [9.17, 15) is 4.79 Å². The quantitative estimate of drug-likeness (QED) is 0.790. The van der Waals surface area contributed by atoms with Gasteiger partial charge < -0.3 is 0 Å². The van der Waals surface area contributed by atoms with Crippen molar-refractivity contribution >= 4 is 11.9 Å². The molecule has 1 aliphatic rings. The predicted molar refractivity (Wildman–Crippen MR) is 78.0 cm³/mol. The van der Waals surface area contributed by atoms with Gasteiger partial charge in [0.2, 0.25) is 11.9 Å². The third kappa shape index (κ3) is 4.16. The van der Waals surface area contributed by atoms with E-state index in [4.69, 9.17) is 0 Å². The van der Waals surface area contributed by atoms with Crippen molar-refractivity contribution in [2.24, 2.45) is 5.41 Å². The van der Waals surface area contributed by atoms with Crippen LogP contribution in [-0.2, 0) is 17.6 Å². The average molecular weight is 261 g/mol. The van der Waals surface area contributed by atoms with Gasteiger partial charge in [-0.3, -0.25) is 10.1 Å². The van der Waals surface area contributed by atoms with E-state index in [0.29, 0.717) is 5.95 Å². The highest BCUT2D eigenvalue weighted by Crippen LogP contribution is 2.20. The van der Waals surface area contributed by atoms with Gasteiger partial charge in [-0.2, -0.15) is 0 Å². The Bertz CT molecular complexity index is 449. The van der Waals surface area contributed by atoms with Crippen molar-refractivity contribution in [1.29, 1.82) is 0 Å². The van der Waals surface area contributed by atoms with Crippen LogP contribution in [0.5, 0.6) is 0 Å². The molecule has 0 unspecified atom stereocenters. The lowest BCUT2D eigenvalue weighted by Gasteiger charge is -2.18. The Hall–Kier alpha value is -1.71. The topological polar surface area (TPSA) is 54.9 Å². The maximum Gasteiger partial charge on any atom is 0.232 e. The lowest BCUT2D eigenvalue weighted by atomic mass is 9.96. The highest BCUT2D eigenvalue weighted by Gasteiger charge is 2.22. The Kier molecular flexibility index (Phi) is 5.21. The molecule has 0 radical (unpaired) electrons. The summed E-state index contributed by atoms with van der Waals surface area (Å²) in [4.78, 5) is 20.4. The zero-order valence-corrected chi connectivity index (χ0v) is 12.1. The van der Waals surface area contributed by atoms with Gasteiger partial charge in [-0.1, -0.05) is 20.8 Å². The van der Waals surface area contributed by atoms with Crippen LogP contribution in [-0.4, -0.2) is 15.9 Å². The summed E-state index contributed by atoms with van der Waals surface area (Å²) in [5, 5.41) is 2.77. The molecular weight excluding hydrogens is 238 g/mol. The van der Waals surface area contributed by atoms with Crippen LogP contribution in [0.15, 0.2) is 19.4 Å². The second-order valence-corrected chi connectivity index (χ2v) is 5.58. The first-order valence-electron chi connectivity index (χ1n) is 6.63. The number of carbonyl (C=O) groups excluding carboxylic acids is 1. The number of aryl methyl sites for hydroxylation is 2.